The molecule has 0 radical (unpaired) electrons. The van der Waals surface area contributed by atoms with Crippen LogP contribution in [0.1, 0.15) is 44.6 Å². The van der Waals surface area contributed by atoms with Gasteiger partial charge in [-0.25, -0.2) is 0 Å². The molecule has 144 valence electrons. The molecule has 2 heterocycles. The number of methoxy groups -OCH3 is 1. The second-order valence-electron chi connectivity index (χ2n) is 7.55. The molecule has 1 saturated heterocycles. The highest BCUT2D eigenvalue weighted by molar-refractivity contribution is 5.98. The molecule has 0 spiro atoms. The van der Waals surface area contributed by atoms with E-state index in [9.17, 15) is 5.26 Å². The zero-order valence-electron chi connectivity index (χ0n) is 16.7. The molecule has 4 nitrogen and oxygen atoms in total. The highest BCUT2D eigenvalue weighted by atomic mass is 16.5. The number of nitrogens with one attached hydrogen (secondary N) is 1. The van der Waals surface area contributed by atoms with Gasteiger partial charge in [-0.3, -0.25) is 0 Å². The van der Waals surface area contributed by atoms with Crippen molar-refractivity contribution in [3.8, 4) is 23.1 Å². The van der Waals surface area contributed by atoms with Crippen LogP contribution < -0.4 is 9.64 Å². The minimum Gasteiger partial charge on any atom is -0.495 e. The van der Waals surface area contributed by atoms with Crippen molar-refractivity contribution in [3.05, 3.63) is 48.0 Å². The van der Waals surface area contributed by atoms with Crippen molar-refractivity contribution in [1.29, 1.82) is 5.26 Å². The number of hydrogen-bond donors (Lipinski definition) is 1. The number of nitriles is 1. The third-order valence-corrected chi connectivity index (χ3v) is 5.86. The Bertz CT molecular complexity index is 1010. The summed E-state index contributed by atoms with van der Waals surface area (Å²) < 4.78 is 5.78. The van der Waals surface area contributed by atoms with E-state index in [0.717, 1.165) is 34.3 Å². The van der Waals surface area contributed by atoms with Crippen molar-refractivity contribution in [2.75, 3.05) is 18.6 Å². The fraction of sp³-hybridized carbons (Fsp3) is 0.375. The van der Waals surface area contributed by atoms with E-state index < -0.39 is 0 Å². The van der Waals surface area contributed by atoms with Gasteiger partial charge in [0.1, 0.15) is 11.6 Å². The first kappa shape index (κ1) is 18.4. The number of rotatable bonds is 6. The number of hydrogen-bond acceptors (Lipinski definition) is 3. The van der Waals surface area contributed by atoms with Gasteiger partial charge in [0.25, 0.3) is 0 Å². The number of fused-ring (bicyclic) bond motifs is 1. The first-order valence-corrected chi connectivity index (χ1v) is 10.2. The normalized spacial score (nSPS) is 16.5. The zero-order chi connectivity index (χ0) is 19.5. The number of H-pyrrole nitrogens is 1. The Morgan fingerprint density at radius 3 is 2.79 bits per heavy atom. The minimum absolute atomic E-state index is 0.625. The van der Waals surface area contributed by atoms with Crippen molar-refractivity contribution in [2.24, 2.45) is 0 Å². The highest BCUT2D eigenvalue weighted by Gasteiger charge is 2.25. The molecule has 0 amide bonds. The van der Waals surface area contributed by atoms with Gasteiger partial charge in [-0.05, 0) is 37.5 Å². The molecule has 0 bridgehead atoms. The average molecular weight is 374 g/mol. The van der Waals surface area contributed by atoms with Crippen LogP contribution in [0.15, 0.2) is 42.5 Å². The van der Waals surface area contributed by atoms with Gasteiger partial charge in [-0.1, -0.05) is 44.0 Å². The Kier molecular flexibility index (Phi) is 5.25. The van der Waals surface area contributed by atoms with Gasteiger partial charge in [0.05, 0.1) is 24.4 Å². The topological polar surface area (TPSA) is 52.1 Å². The van der Waals surface area contributed by atoms with Gasteiger partial charge in [0.15, 0.2) is 0 Å². The molecule has 0 saturated carbocycles. The fourth-order valence-corrected chi connectivity index (χ4v) is 4.46. The van der Waals surface area contributed by atoms with Crippen molar-refractivity contribution in [1.82, 2.24) is 4.98 Å². The minimum atomic E-state index is 0.625. The van der Waals surface area contributed by atoms with E-state index >= 15 is 0 Å². The van der Waals surface area contributed by atoms with Gasteiger partial charge in [0.2, 0.25) is 0 Å². The van der Waals surface area contributed by atoms with Crippen LogP contribution in [-0.4, -0.2) is 24.7 Å². The Labute approximate surface area is 166 Å². The van der Waals surface area contributed by atoms with Crippen LogP contribution in [0.3, 0.4) is 0 Å². The molecule has 1 aromatic heterocycles. The van der Waals surface area contributed by atoms with E-state index in [1.165, 1.54) is 37.9 Å². The van der Waals surface area contributed by atoms with Gasteiger partial charge in [-0.15, -0.1) is 0 Å². The third-order valence-electron chi connectivity index (χ3n) is 5.86. The summed E-state index contributed by atoms with van der Waals surface area (Å²) in [5.74, 6) is 1.98. The van der Waals surface area contributed by atoms with Crippen molar-refractivity contribution in [2.45, 2.75) is 45.1 Å². The Hall–Kier alpha value is -2.93. The highest BCUT2D eigenvalue weighted by Crippen LogP contribution is 2.39. The molecular formula is C24H27N3O. The number of ether oxygens (including phenoxy) is 1. The van der Waals surface area contributed by atoms with Crippen LogP contribution in [-0.2, 0) is 0 Å². The number of nitrogens with zero attached hydrogens (tertiary/aromatic N) is 2. The summed E-state index contributed by atoms with van der Waals surface area (Å²) in [5.41, 5.74) is 2.60. The smallest absolute Gasteiger partial charge is 0.136 e. The Morgan fingerprint density at radius 2 is 2.04 bits per heavy atom. The van der Waals surface area contributed by atoms with Gasteiger partial charge < -0.3 is 14.6 Å². The lowest BCUT2D eigenvalue weighted by Gasteiger charge is -2.25. The lowest BCUT2D eigenvalue weighted by molar-refractivity contribution is 0.421. The van der Waals surface area contributed by atoms with E-state index in [0.29, 0.717) is 11.6 Å². The quantitative estimate of drug-likeness (QED) is 0.587. The largest absolute Gasteiger partial charge is 0.495 e. The summed E-state index contributed by atoms with van der Waals surface area (Å²) in [6.45, 7) is 3.36. The van der Waals surface area contributed by atoms with Crippen LogP contribution in [0.4, 0.5) is 5.82 Å². The third kappa shape index (κ3) is 3.22. The number of unbranched alkanes of at least 4 members (excludes halogenated alkanes) is 1. The number of aromatic amines is 1. The molecule has 1 aliphatic rings. The maximum absolute atomic E-state index is 9.66. The van der Waals surface area contributed by atoms with Gasteiger partial charge in [0, 0.05) is 28.9 Å². The molecule has 1 atom stereocenters. The standard InChI is InChI=1S/C24H27N3O/c1-3-4-8-18-9-7-14-27(18)23-13-12-22(26-23)21-15-17(16-25)19-10-5-6-11-20(19)24(21)28-2/h5-6,10-13,15,18,26H,3-4,7-9,14H2,1-2H3. The predicted octanol–water partition coefficient (Wildman–Crippen LogP) is 5.87. The SMILES string of the molecule is CCCCC1CCCN1c1ccc(-c2cc(C#N)c3ccccc3c2OC)[nH]1. The van der Waals surface area contributed by atoms with Crippen LogP contribution >= 0.6 is 0 Å². The molecule has 2 aromatic carbocycles. The molecule has 0 aliphatic carbocycles. The monoisotopic (exact) mass is 373 g/mol. The predicted molar refractivity (Wildman–Crippen MR) is 115 cm³/mol. The van der Waals surface area contributed by atoms with E-state index in [4.69, 9.17) is 4.74 Å². The first-order valence-electron chi connectivity index (χ1n) is 10.2. The van der Waals surface area contributed by atoms with Crippen molar-refractivity contribution < 1.29 is 4.74 Å². The van der Waals surface area contributed by atoms with Crippen molar-refractivity contribution >= 4 is 16.6 Å². The van der Waals surface area contributed by atoms with Crippen LogP contribution in [0.5, 0.6) is 5.75 Å². The molecule has 1 N–H and O–H groups in total. The molecular weight excluding hydrogens is 346 g/mol. The van der Waals surface area contributed by atoms with E-state index in [1.807, 2.05) is 30.3 Å². The van der Waals surface area contributed by atoms with E-state index in [2.05, 4.69) is 35.0 Å². The summed E-state index contributed by atoms with van der Waals surface area (Å²) in [7, 11) is 1.70. The Balaban J connectivity index is 1.75. The summed E-state index contributed by atoms with van der Waals surface area (Å²) in [5, 5.41) is 11.6. The summed E-state index contributed by atoms with van der Waals surface area (Å²) in [6, 6.07) is 17.1. The van der Waals surface area contributed by atoms with Gasteiger partial charge >= 0.3 is 0 Å². The summed E-state index contributed by atoms with van der Waals surface area (Å²) in [6.07, 6.45) is 6.29. The maximum atomic E-state index is 9.66. The first-order chi connectivity index (χ1) is 13.8. The molecule has 3 aromatic rings. The molecule has 28 heavy (non-hydrogen) atoms. The maximum Gasteiger partial charge on any atom is 0.136 e. The van der Waals surface area contributed by atoms with E-state index in [1.54, 1.807) is 7.11 Å². The molecule has 4 heteroatoms. The van der Waals surface area contributed by atoms with Crippen LogP contribution in [0.25, 0.3) is 22.0 Å². The molecule has 4 rings (SSSR count). The molecule has 1 aliphatic heterocycles. The van der Waals surface area contributed by atoms with Crippen molar-refractivity contribution in [3.63, 3.8) is 0 Å². The lowest BCUT2D eigenvalue weighted by atomic mass is 9.98. The number of benzene rings is 2. The lowest BCUT2D eigenvalue weighted by Crippen LogP contribution is -2.29. The summed E-state index contributed by atoms with van der Waals surface area (Å²) >= 11 is 0. The fourth-order valence-electron chi connectivity index (χ4n) is 4.46. The molecule has 1 unspecified atom stereocenters. The second kappa shape index (κ2) is 7.98. The van der Waals surface area contributed by atoms with Gasteiger partial charge in [-0.2, -0.15) is 5.26 Å². The second-order valence-corrected chi connectivity index (χ2v) is 7.55. The average Bonchev–Trinajstić information content (AvgIpc) is 3.40. The zero-order valence-corrected chi connectivity index (χ0v) is 16.7. The Morgan fingerprint density at radius 1 is 1.21 bits per heavy atom. The van der Waals surface area contributed by atoms with Crippen LogP contribution in [0.2, 0.25) is 0 Å². The number of aromatic nitrogens is 1. The number of anilines is 1. The molecule has 1 fully saturated rings. The van der Waals surface area contributed by atoms with E-state index in [-0.39, 0.29) is 0 Å². The summed E-state index contributed by atoms with van der Waals surface area (Å²) in [4.78, 5) is 6.12. The van der Waals surface area contributed by atoms with Crippen LogP contribution in [0, 0.1) is 11.3 Å².